The van der Waals surface area contributed by atoms with E-state index in [1.54, 1.807) is 0 Å². The highest BCUT2D eigenvalue weighted by atomic mass is 35.5. The van der Waals surface area contributed by atoms with Gasteiger partial charge in [-0.15, -0.1) is 12.4 Å². The molecule has 5 rings (SSSR count). The zero-order valence-corrected chi connectivity index (χ0v) is 17.9. The number of ether oxygens (including phenoxy) is 1. The largest absolute Gasteiger partial charge is 0.511 e. The Morgan fingerprint density at radius 2 is 1.87 bits per heavy atom. The number of nitrogens with zero attached hydrogens (tertiary/aromatic N) is 3. The van der Waals surface area contributed by atoms with Crippen LogP contribution in [0.2, 0.25) is 0 Å². The summed E-state index contributed by atoms with van der Waals surface area (Å²) in [6, 6.07) is 13.0. The van der Waals surface area contributed by atoms with E-state index in [0.29, 0.717) is 31.0 Å². The fourth-order valence-corrected chi connectivity index (χ4v) is 4.13. The molecule has 1 aliphatic heterocycles. The minimum absolute atomic E-state index is 0. The van der Waals surface area contributed by atoms with Gasteiger partial charge in [0.2, 0.25) is 0 Å². The van der Waals surface area contributed by atoms with E-state index in [0.717, 1.165) is 30.2 Å². The van der Waals surface area contributed by atoms with Crippen LogP contribution in [-0.2, 0) is 11.2 Å². The van der Waals surface area contributed by atoms with Crippen LogP contribution in [0.25, 0.3) is 11.2 Å². The molecule has 2 N–H and O–H groups in total. The predicted octanol–water partition coefficient (Wildman–Crippen LogP) is 4.04. The van der Waals surface area contributed by atoms with Crippen molar-refractivity contribution in [2.75, 3.05) is 25.1 Å². The molecule has 2 aromatic heterocycles. The molecule has 1 amide bonds. The topological polar surface area (TPSA) is 79.1 Å². The zero-order valence-electron chi connectivity index (χ0n) is 17.1. The average molecular weight is 441 g/mol. The minimum atomic E-state index is -0.359. The molecule has 0 bridgehead atoms. The van der Waals surface area contributed by atoms with Crippen molar-refractivity contribution in [2.24, 2.45) is 0 Å². The van der Waals surface area contributed by atoms with Crippen molar-refractivity contribution in [1.29, 1.82) is 0 Å². The Kier molecular flexibility index (Phi) is 6.15. The highest BCUT2D eigenvalue weighted by Gasteiger charge is 2.28. The van der Waals surface area contributed by atoms with Crippen molar-refractivity contribution in [2.45, 2.75) is 25.7 Å². The number of rotatable bonds is 5. The van der Waals surface area contributed by atoms with Gasteiger partial charge in [0.1, 0.15) is 35.2 Å². The van der Waals surface area contributed by atoms with Crippen LogP contribution >= 0.6 is 12.4 Å². The number of likely N-dealkylation sites (tertiary alicyclic amines) is 1. The van der Waals surface area contributed by atoms with Crippen molar-refractivity contribution in [3.63, 3.8) is 0 Å². The standard InChI is InChI=1S/C23H24N4O3.ClH/c28-19-11-10-18-22(25-20-5-1-2-14-27(18)20)21(19)23(29)24-16-6-8-17(9-7-16)30-15-26-12-3-4-13-26;/h1-2,5-9,14,28H,3-4,10-13,15H2,(H,24,29);1H. The van der Waals surface area contributed by atoms with E-state index >= 15 is 0 Å². The molecule has 0 spiro atoms. The number of hydrogen-bond donors (Lipinski definition) is 2. The first kappa shape index (κ1) is 21.2. The predicted molar refractivity (Wildman–Crippen MR) is 122 cm³/mol. The molecule has 0 radical (unpaired) electrons. The SMILES string of the molecule is Cl.O=C(Nc1ccc(OCN2CCCC2)cc1)C1=C(O)CCc2c1nc1ccccn21. The number of aromatic nitrogens is 2. The Morgan fingerprint density at radius 3 is 2.65 bits per heavy atom. The average Bonchev–Trinajstić information content (AvgIpc) is 3.40. The minimum Gasteiger partial charge on any atom is -0.511 e. The van der Waals surface area contributed by atoms with Gasteiger partial charge >= 0.3 is 0 Å². The number of benzene rings is 1. The van der Waals surface area contributed by atoms with Gasteiger partial charge in [0.25, 0.3) is 5.91 Å². The third-order valence-corrected chi connectivity index (χ3v) is 5.70. The van der Waals surface area contributed by atoms with Crippen LogP contribution in [0, 0.1) is 0 Å². The summed E-state index contributed by atoms with van der Waals surface area (Å²) in [6.07, 6.45) is 5.45. The number of fused-ring (bicyclic) bond motifs is 3. The Morgan fingerprint density at radius 1 is 1.10 bits per heavy atom. The van der Waals surface area contributed by atoms with Gasteiger partial charge in [-0.05, 0) is 55.7 Å². The number of halogens is 1. The number of allylic oxidation sites excluding steroid dienone is 1. The number of hydrogen-bond acceptors (Lipinski definition) is 5. The lowest BCUT2D eigenvalue weighted by molar-refractivity contribution is -0.111. The van der Waals surface area contributed by atoms with Gasteiger partial charge in [-0.25, -0.2) is 4.98 Å². The number of aliphatic hydroxyl groups excluding tert-OH is 1. The second kappa shape index (κ2) is 8.99. The van der Waals surface area contributed by atoms with Crippen LogP contribution in [0.15, 0.2) is 54.4 Å². The van der Waals surface area contributed by atoms with E-state index in [1.165, 1.54) is 12.8 Å². The second-order valence-corrected chi connectivity index (χ2v) is 7.73. The summed E-state index contributed by atoms with van der Waals surface area (Å²) in [5.41, 5.74) is 3.15. The van der Waals surface area contributed by atoms with Gasteiger partial charge < -0.3 is 19.6 Å². The maximum atomic E-state index is 13.0. The van der Waals surface area contributed by atoms with Crippen molar-refractivity contribution in [1.82, 2.24) is 14.3 Å². The van der Waals surface area contributed by atoms with Crippen molar-refractivity contribution in [3.05, 3.63) is 65.8 Å². The molecule has 7 nitrogen and oxygen atoms in total. The van der Waals surface area contributed by atoms with Gasteiger partial charge in [-0.2, -0.15) is 0 Å². The van der Waals surface area contributed by atoms with E-state index < -0.39 is 0 Å². The van der Waals surface area contributed by atoms with Crippen LogP contribution in [0.1, 0.15) is 30.7 Å². The third-order valence-electron chi connectivity index (χ3n) is 5.70. The summed E-state index contributed by atoms with van der Waals surface area (Å²) < 4.78 is 7.79. The number of aryl methyl sites for hydroxylation is 1. The first-order valence-corrected chi connectivity index (χ1v) is 10.3. The van der Waals surface area contributed by atoms with Crippen LogP contribution in [0.5, 0.6) is 5.75 Å². The highest BCUT2D eigenvalue weighted by molar-refractivity contribution is 6.26. The number of imidazole rings is 1. The number of anilines is 1. The molecule has 2 aliphatic rings. The first-order chi connectivity index (χ1) is 14.7. The maximum absolute atomic E-state index is 13.0. The quantitative estimate of drug-likeness (QED) is 0.626. The molecule has 0 atom stereocenters. The first-order valence-electron chi connectivity index (χ1n) is 10.3. The van der Waals surface area contributed by atoms with Gasteiger partial charge in [0, 0.05) is 31.4 Å². The van der Waals surface area contributed by atoms with Crippen LogP contribution in [0.3, 0.4) is 0 Å². The molecular formula is C23H25ClN4O3. The van der Waals surface area contributed by atoms with E-state index in [2.05, 4.69) is 15.2 Å². The maximum Gasteiger partial charge on any atom is 0.261 e. The van der Waals surface area contributed by atoms with Gasteiger partial charge in [0.15, 0.2) is 0 Å². The van der Waals surface area contributed by atoms with Crippen LogP contribution in [-0.4, -0.2) is 45.1 Å². The van der Waals surface area contributed by atoms with E-state index in [9.17, 15) is 9.90 Å². The molecule has 8 heteroatoms. The molecule has 1 aliphatic carbocycles. The smallest absolute Gasteiger partial charge is 0.261 e. The molecule has 0 saturated carbocycles. The molecule has 1 fully saturated rings. The zero-order chi connectivity index (χ0) is 20.5. The molecule has 3 heterocycles. The Labute approximate surface area is 186 Å². The molecule has 1 aromatic carbocycles. The second-order valence-electron chi connectivity index (χ2n) is 7.73. The molecule has 1 saturated heterocycles. The van der Waals surface area contributed by atoms with E-state index in [1.807, 2.05) is 53.1 Å². The molecule has 3 aromatic rings. The van der Waals surface area contributed by atoms with Crippen LogP contribution < -0.4 is 10.1 Å². The molecule has 162 valence electrons. The monoisotopic (exact) mass is 440 g/mol. The van der Waals surface area contributed by atoms with Crippen molar-refractivity contribution >= 4 is 35.2 Å². The summed E-state index contributed by atoms with van der Waals surface area (Å²) in [5.74, 6) is 0.485. The normalized spacial score (nSPS) is 16.1. The molecule has 31 heavy (non-hydrogen) atoms. The van der Waals surface area contributed by atoms with E-state index in [-0.39, 0.29) is 29.6 Å². The summed E-state index contributed by atoms with van der Waals surface area (Å²) in [7, 11) is 0. The van der Waals surface area contributed by atoms with Crippen LogP contribution in [0.4, 0.5) is 5.69 Å². The summed E-state index contributed by atoms with van der Waals surface area (Å²) >= 11 is 0. The fourth-order valence-electron chi connectivity index (χ4n) is 4.13. The lowest BCUT2D eigenvalue weighted by Crippen LogP contribution is -2.24. The Hall–Kier alpha value is -3.03. The Bertz CT molecular complexity index is 1120. The summed E-state index contributed by atoms with van der Waals surface area (Å²) in [6.45, 7) is 2.75. The number of carbonyl (C=O) groups is 1. The molecule has 0 unspecified atom stereocenters. The van der Waals surface area contributed by atoms with Gasteiger partial charge in [-0.1, -0.05) is 6.07 Å². The van der Waals surface area contributed by atoms with Crippen molar-refractivity contribution in [3.8, 4) is 5.75 Å². The number of amides is 1. The van der Waals surface area contributed by atoms with Gasteiger partial charge in [0.05, 0.1) is 5.69 Å². The third kappa shape index (κ3) is 4.24. The molecular weight excluding hydrogens is 416 g/mol. The number of aliphatic hydroxyl groups is 1. The Balaban J connectivity index is 0.00000231. The lowest BCUT2D eigenvalue weighted by Gasteiger charge is -2.17. The lowest BCUT2D eigenvalue weighted by atomic mass is 9.97. The highest BCUT2D eigenvalue weighted by Crippen LogP contribution is 2.31. The fraction of sp³-hybridized carbons (Fsp3) is 0.304. The number of pyridine rings is 1. The van der Waals surface area contributed by atoms with E-state index in [4.69, 9.17) is 4.74 Å². The van der Waals surface area contributed by atoms with Gasteiger partial charge in [-0.3, -0.25) is 9.69 Å². The number of nitrogens with one attached hydrogen (secondary N) is 1. The summed E-state index contributed by atoms with van der Waals surface area (Å²) in [5, 5.41) is 13.3. The van der Waals surface area contributed by atoms with Crippen molar-refractivity contribution < 1.29 is 14.6 Å². The number of carbonyl (C=O) groups excluding carboxylic acids is 1. The summed E-state index contributed by atoms with van der Waals surface area (Å²) in [4.78, 5) is 19.8.